The SMILES string of the molecule is CC(=O)NC(O)C[C@H]1CC[C@]2(C)[C@H]3CCC4=C5CC(C)(C)CC[C@]5(C(=O)O)CC[C@@]4(C)[C@]3(C)CC[C@H]2C1(C)C. The fraction of sp³-hybridized carbons (Fsp3) is 0.882. The van der Waals surface area contributed by atoms with Crippen LogP contribution >= 0.6 is 0 Å². The first-order valence-electron chi connectivity index (χ1n) is 15.8. The Bertz CT molecular complexity index is 1080. The largest absolute Gasteiger partial charge is 0.481 e. The minimum atomic E-state index is -0.774. The van der Waals surface area contributed by atoms with E-state index in [1.807, 2.05) is 0 Å². The maximum absolute atomic E-state index is 12.9. The van der Waals surface area contributed by atoms with Crippen LogP contribution in [0.3, 0.4) is 0 Å². The second-order valence-corrected chi connectivity index (χ2v) is 16.6. The number of nitrogens with one attached hydrogen (secondary N) is 1. The third-order valence-corrected chi connectivity index (χ3v) is 14.1. The molecular weight excluding hydrogens is 486 g/mol. The first-order chi connectivity index (χ1) is 17.9. The van der Waals surface area contributed by atoms with Crippen LogP contribution < -0.4 is 5.32 Å². The molecule has 0 saturated heterocycles. The van der Waals surface area contributed by atoms with Crippen molar-refractivity contribution < 1.29 is 19.8 Å². The Morgan fingerprint density at radius 2 is 1.54 bits per heavy atom. The molecule has 3 N–H and O–H groups in total. The van der Waals surface area contributed by atoms with Crippen molar-refractivity contribution in [1.29, 1.82) is 0 Å². The van der Waals surface area contributed by atoms with Crippen LogP contribution in [0.15, 0.2) is 11.1 Å². The lowest BCUT2D eigenvalue weighted by atomic mass is 9.33. The van der Waals surface area contributed by atoms with Crippen molar-refractivity contribution in [1.82, 2.24) is 5.32 Å². The molecular formula is C34H55NO4. The smallest absolute Gasteiger partial charge is 0.313 e. The summed E-state index contributed by atoms with van der Waals surface area (Å²) in [5.74, 6) is 0.837. The quantitative estimate of drug-likeness (QED) is 0.254. The lowest BCUT2D eigenvalue weighted by molar-refractivity contribution is -0.197. The number of aliphatic carboxylic acids is 1. The number of aliphatic hydroxyl groups excluding tert-OH is 1. The Morgan fingerprint density at radius 3 is 2.18 bits per heavy atom. The van der Waals surface area contributed by atoms with Crippen LogP contribution in [-0.2, 0) is 9.59 Å². The average Bonchev–Trinajstić information content (AvgIpc) is 2.80. The van der Waals surface area contributed by atoms with Crippen LogP contribution in [-0.4, -0.2) is 28.3 Å². The van der Waals surface area contributed by atoms with Crippen LogP contribution in [0.4, 0.5) is 0 Å². The molecule has 0 radical (unpaired) electrons. The molecule has 0 aliphatic heterocycles. The summed E-state index contributed by atoms with van der Waals surface area (Å²) in [5, 5.41) is 23.9. The molecule has 4 fully saturated rings. The Morgan fingerprint density at radius 1 is 0.872 bits per heavy atom. The summed E-state index contributed by atoms with van der Waals surface area (Å²) >= 11 is 0. The molecule has 0 spiro atoms. The van der Waals surface area contributed by atoms with Crippen molar-refractivity contribution in [2.24, 2.45) is 50.2 Å². The number of fused-ring (bicyclic) bond motifs is 6. The van der Waals surface area contributed by atoms with Gasteiger partial charge < -0.3 is 15.5 Å². The molecule has 5 heteroatoms. The van der Waals surface area contributed by atoms with E-state index in [1.165, 1.54) is 43.8 Å². The van der Waals surface area contributed by atoms with E-state index in [-0.39, 0.29) is 33.0 Å². The molecule has 8 atom stereocenters. The van der Waals surface area contributed by atoms with Gasteiger partial charge in [0.25, 0.3) is 0 Å². The second kappa shape index (κ2) is 9.07. The minimum absolute atomic E-state index is 0.0637. The van der Waals surface area contributed by atoms with Crippen LogP contribution in [0, 0.1) is 50.2 Å². The van der Waals surface area contributed by atoms with Crippen LogP contribution in [0.2, 0.25) is 0 Å². The summed E-state index contributed by atoms with van der Waals surface area (Å²) in [6, 6.07) is 0. The second-order valence-electron chi connectivity index (χ2n) is 16.6. The molecule has 0 bridgehead atoms. The monoisotopic (exact) mass is 541 g/mol. The highest BCUT2D eigenvalue weighted by molar-refractivity contribution is 5.80. The van der Waals surface area contributed by atoms with E-state index in [4.69, 9.17) is 0 Å². The third-order valence-electron chi connectivity index (χ3n) is 14.1. The summed E-state index contributed by atoms with van der Waals surface area (Å²) in [5.41, 5.74) is 2.95. The highest BCUT2D eigenvalue weighted by atomic mass is 16.4. The predicted molar refractivity (Wildman–Crippen MR) is 155 cm³/mol. The van der Waals surface area contributed by atoms with E-state index in [9.17, 15) is 19.8 Å². The third kappa shape index (κ3) is 4.09. The fourth-order valence-corrected chi connectivity index (χ4v) is 11.7. The summed E-state index contributed by atoms with van der Waals surface area (Å²) < 4.78 is 0. The Labute approximate surface area is 237 Å². The Kier molecular flexibility index (Phi) is 6.78. The summed E-state index contributed by atoms with van der Waals surface area (Å²) in [6.45, 7) is 18.7. The van der Waals surface area contributed by atoms with Crippen LogP contribution in [0.5, 0.6) is 0 Å². The van der Waals surface area contributed by atoms with Gasteiger partial charge in [0.1, 0.15) is 6.23 Å². The zero-order valence-electron chi connectivity index (χ0n) is 26.0. The molecule has 5 nitrogen and oxygen atoms in total. The number of carbonyl (C=O) groups excluding carboxylic acids is 1. The molecule has 1 amide bonds. The molecule has 0 aromatic rings. The number of carboxylic acid groups (broad SMARTS) is 1. The molecule has 4 saturated carbocycles. The predicted octanol–water partition coefficient (Wildman–Crippen LogP) is 7.48. The van der Waals surface area contributed by atoms with Gasteiger partial charge in [-0.3, -0.25) is 9.59 Å². The van der Waals surface area contributed by atoms with E-state index in [1.54, 1.807) is 0 Å². The first kappa shape index (κ1) is 29.1. The van der Waals surface area contributed by atoms with Gasteiger partial charge in [-0.1, -0.05) is 59.6 Å². The van der Waals surface area contributed by atoms with E-state index < -0.39 is 17.6 Å². The first-order valence-corrected chi connectivity index (χ1v) is 15.8. The number of carboxylic acids is 1. The summed E-state index contributed by atoms with van der Waals surface area (Å²) in [4.78, 5) is 24.4. The summed E-state index contributed by atoms with van der Waals surface area (Å²) in [6.07, 6.45) is 11.3. The minimum Gasteiger partial charge on any atom is -0.481 e. The summed E-state index contributed by atoms with van der Waals surface area (Å²) in [7, 11) is 0. The van der Waals surface area contributed by atoms with Crippen molar-refractivity contribution in [3.05, 3.63) is 11.1 Å². The van der Waals surface area contributed by atoms with E-state index in [0.29, 0.717) is 24.2 Å². The van der Waals surface area contributed by atoms with Crippen molar-refractivity contribution >= 4 is 11.9 Å². The lowest BCUT2D eigenvalue weighted by Gasteiger charge is -2.71. The molecule has 5 rings (SSSR count). The lowest BCUT2D eigenvalue weighted by Crippen LogP contribution is -2.63. The number of rotatable bonds is 4. The fourth-order valence-electron chi connectivity index (χ4n) is 11.7. The zero-order valence-corrected chi connectivity index (χ0v) is 26.0. The Hall–Kier alpha value is -1.36. The molecule has 0 aromatic carbocycles. The Balaban J connectivity index is 1.50. The highest BCUT2D eigenvalue weighted by Gasteiger charge is 2.68. The van der Waals surface area contributed by atoms with E-state index in [0.717, 1.165) is 44.9 Å². The zero-order chi connectivity index (χ0) is 28.8. The number of hydrogen-bond donors (Lipinski definition) is 3. The van der Waals surface area contributed by atoms with Crippen molar-refractivity contribution in [3.8, 4) is 0 Å². The number of carbonyl (C=O) groups is 2. The van der Waals surface area contributed by atoms with Gasteiger partial charge in [0.15, 0.2) is 0 Å². The maximum atomic E-state index is 12.9. The molecule has 1 unspecified atom stereocenters. The molecule has 0 heterocycles. The van der Waals surface area contributed by atoms with E-state index in [2.05, 4.69) is 53.8 Å². The van der Waals surface area contributed by atoms with Crippen LogP contribution in [0.25, 0.3) is 0 Å². The van der Waals surface area contributed by atoms with Crippen molar-refractivity contribution in [2.75, 3.05) is 0 Å². The van der Waals surface area contributed by atoms with E-state index >= 15 is 0 Å². The van der Waals surface area contributed by atoms with Gasteiger partial charge in [0.2, 0.25) is 5.91 Å². The molecule has 220 valence electrons. The van der Waals surface area contributed by atoms with Gasteiger partial charge in [-0.2, -0.15) is 0 Å². The molecule has 0 aromatic heterocycles. The number of aliphatic hydroxyl groups is 1. The van der Waals surface area contributed by atoms with Crippen molar-refractivity contribution in [2.45, 2.75) is 139 Å². The normalized spacial score (nSPS) is 45.2. The van der Waals surface area contributed by atoms with Gasteiger partial charge >= 0.3 is 5.97 Å². The van der Waals surface area contributed by atoms with Gasteiger partial charge in [0.05, 0.1) is 5.41 Å². The number of hydrogen-bond acceptors (Lipinski definition) is 3. The highest BCUT2D eigenvalue weighted by Crippen LogP contribution is 2.76. The van der Waals surface area contributed by atoms with Crippen LogP contribution in [0.1, 0.15) is 132 Å². The van der Waals surface area contributed by atoms with Crippen molar-refractivity contribution in [3.63, 3.8) is 0 Å². The molecule has 39 heavy (non-hydrogen) atoms. The van der Waals surface area contributed by atoms with Gasteiger partial charge in [0, 0.05) is 6.92 Å². The number of amides is 1. The van der Waals surface area contributed by atoms with Gasteiger partial charge in [-0.25, -0.2) is 0 Å². The molecule has 5 aliphatic rings. The topological polar surface area (TPSA) is 86.6 Å². The standard InChI is InChI=1S/C34H55NO4/c1-21(36)35-27(37)19-22-11-13-31(6)25(30(22,4)5)12-14-33(8)26(31)10-9-23-24-20-29(2,3)15-17-34(24,28(38)39)18-16-32(23,33)7/h22,25-27,37H,9-20H2,1-8H3,(H,35,36)(H,38,39)/t22-,25+,26-,27?,31+,32-,33-,34+/m1/s1. The maximum Gasteiger partial charge on any atom is 0.313 e. The van der Waals surface area contributed by atoms with Gasteiger partial charge in [-0.05, 0) is 122 Å². The molecule has 5 aliphatic carbocycles. The number of allylic oxidation sites excluding steroid dienone is 1. The average molecular weight is 542 g/mol. The van der Waals surface area contributed by atoms with Gasteiger partial charge in [-0.15, -0.1) is 0 Å².